The van der Waals surface area contributed by atoms with Crippen molar-refractivity contribution < 1.29 is 14.3 Å². The van der Waals surface area contributed by atoms with Crippen molar-refractivity contribution in [2.75, 3.05) is 13.2 Å². The van der Waals surface area contributed by atoms with E-state index in [1.165, 1.54) is 70.6 Å². The summed E-state index contributed by atoms with van der Waals surface area (Å²) < 4.78 is 5.07. The minimum absolute atomic E-state index is 0.0270. The van der Waals surface area contributed by atoms with E-state index in [-0.39, 0.29) is 18.5 Å². The predicted molar refractivity (Wildman–Crippen MR) is 129 cm³/mol. The summed E-state index contributed by atoms with van der Waals surface area (Å²) in [5, 5.41) is 2.81. The van der Waals surface area contributed by atoms with Crippen LogP contribution in [-0.4, -0.2) is 37.0 Å². The Balaban J connectivity index is 3.80. The fourth-order valence-electron chi connectivity index (χ4n) is 3.57. The number of amides is 1. The molecule has 0 radical (unpaired) electrons. The van der Waals surface area contributed by atoms with Gasteiger partial charge in [0.15, 0.2) is 5.96 Å². The normalized spacial score (nSPS) is 11.7. The van der Waals surface area contributed by atoms with Crippen LogP contribution in [0.3, 0.4) is 0 Å². The number of nitrogens with two attached hydrogens (primary N) is 2. The maximum absolute atomic E-state index is 12.2. The molecule has 0 heterocycles. The number of aliphatic imine (C=N–C) groups is 1. The first kappa shape index (κ1) is 29.2. The molecule has 0 aromatic rings. The second-order valence-corrected chi connectivity index (χ2v) is 8.31. The molecule has 7 nitrogen and oxygen atoms in total. The molecule has 7 heteroatoms. The van der Waals surface area contributed by atoms with E-state index in [0.717, 1.165) is 12.8 Å². The number of carbonyl (C=O) groups excluding carboxylic acids is 2. The molecule has 0 aliphatic rings. The topological polar surface area (TPSA) is 120 Å². The third-order valence-corrected chi connectivity index (χ3v) is 5.36. The second-order valence-electron chi connectivity index (χ2n) is 8.31. The van der Waals surface area contributed by atoms with E-state index in [0.29, 0.717) is 25.8 Å². The highest BCUT2D eigenvalue weighted by atomic mass is 16.5. The predicted octanol–water partition coefficient (Wildman–Crippen LogP) is 4.57. The summed E-state index contributed by atoms with van der Waals surface area (Å²) in [4.78, 5) is 28.2. The number of ether oxygens (including phenoxy) is 1. The SMILES string of the molecule is CCCCCCCCCCCCCCCC(=O)NC(CCCN=C(N)N)C(=O)OCC. The maximum Gasteiger partial charge on any atom is 0.328 e. The Kier molecular flexibility index (Phi) is 20.2. The zero-order chi connectivity index (χ0) is 23.2. The fourth-order valence-corrected chi connectivity index (χ4v) is 3.57. The number of rotatable bonds is 21. The summed E-state index contributed by atoms with van der Waals surface area (Å²) in [6.45, 7) is 4.72. The zero-order valence-electron chi connectivity index (χ0n) is 20.1. The first-order chi connectivity index (χ1) is 15.0. The van der Waals surface area contributed by atoms with Crippen LogP contribution in [0.5, 0.6) is 0 Å². The molecule has 0 fully saturated rings. The van der Waals surface area contributed by atoms with Crippen molar-refractivity contribution in [3.63, 3.8) is 0 Å². The van der Waals surface area contributed by atoms with Crippen LogP contribution in [0.15, 0.2) is 4.99 Å². The molecule has 1 amide bonds. The van der Waals surface area contributed by atoms with Crippen LogP contribution >= 0.6 is 0 Å². The van der Waals surface area contributed by atoms with E-state index in [4.69, 9.17) is 16.2 Å². The van der Waals surface area contributed by atoms with Gasteiger partial charge in [0.1, 0.15) is 6.04 Å². The van der Waals surface area contributed by atoms with Gasteiger partial charge in [0.25, 0.3) is 0 Å². The number of unbranched alkanes of at least 4 members (excludes halogenated alkanes) is 12. The van der Waals surface area contributed by atoms with Gasteiger partial charge in [0, 0.05) is 13.0 Å². The molecule has 0 rings (SSSR count). The summed E-state index contributed by atoms with van der Waals surface area (Å²) in [6.07, 6.45) is 18.0. The quantitative estimate of drug-likeness (QED) is 0.104. The van der Waals surface area contributed by atoms with Gasteiger partial charge in [-0.3, -0.25) is 9.79 Å². The number of nitrogens with one attached hydrogen (secondary N) is 1. The largest absolute Gasteiger partial charge is 0.464 e. The van der Waals surface area contributed by atoms with Crippen molar-refractivity contribution in [3.8, 4) is 0 Å². The molecule has 0 aromatic carbocycles. The maximum atomic E-state index is 12.2. The van der Waals surface area contributed by atoms with Crippen LogP contribution in [0.25, 0.3) is 0 Å². The highest BCUT2D eigenvalue weighted by molar-refractivity contribution is 5.84. The molecule has 0 bridgehead atoms. The van der Waals surface area contributed by atoms with Crippen LogP contribution in [-0.2, 0) is 14.3 Å². The third-order valence-electron chi connectivity index (χ3n) is 5.36. The smallest absolute Gasteiger partial charge is 0.328 e. The monoisotopic (exact) mass is 440 g/mol. The number of hydrogen-bond donors (Lipinski definition) is 3. The molecule has 0 spiro atoms. The van der Waals surface area contributed by atoms with Crippen molar-refractivity contribution in [2.24, 2.45) is 16.5 Å². The highest BCUT2D eigenvalue weighted by Gasteiger charge is 2.21. The van der Waals surface area contributed by atoms with E-state index in [2.05, 4.69) is 17.2 Å². The Hall–Kier alpha value is -1.79. The summed E-state index contributed by atoms with van der Waals surface area (Å²) in [5.74, 6) is -0.465. The molecule has 1 unspecified atom stereocenters. The molecule has 31 heavy (non-hydrogen) atoms. The fraction of sp³-hybridized carbons (Fsp3) is 0.875. The second kappa shape index (κ2) is 21.4. The minimum atomic E-state index is -0.636. The molecular formula is C24H48N4O3. The first-order valence-electron chi connectivity index (χ1n) is 12.5. The number of nitrogens with zero attached hydrogens (tertiary/aromatic N) is 1. The van der Waals surface area contributed by atoms with Gasteiger partial charge in [-0.25, -0.2) is 4.79 Å². The highest BCUT2D eigenvalue weighted by Crippen LogP contribution is 2.13. The summed E-state index contributed by atoms with van der Waals surface area (Å²) in [7, 11) is 0. The van der Waals surface area contributed by atoms with E-state index >= 15 is 0 Å². The first-order valence-corrected chi connectivity index (χ1v) is 12.5. The zero-order valence-corrected chi connectivity index (χ0v) is 20.1. The summed E-state index contributed by atoms with van der Waals surface area (Å²) in [6, 6.07) is -0.636. The number of carbonyl (C=O) groups is 2. The van der Waals surface area contributed by atoms with Gasteiger partial charge < -0.3 is 21.5 Å². The Morgan fingerprint density at radius 3 is 1.81 bits per heavy atom. The van der Waals surface area contributed by atoms with E-state index in [1.54, 1.807) is 6.92 Å². The van der Waals surface area contributed by atoms with Gasteiger partial charge in [-0.2, -0.15) is 0 Å². The van der Waals surface area contributed by atoms with Gasteiger partial charge in [0.2, 0.25) is 5.91 Å². The molecule has 1 atom stereocenters. The molecule has 0 aromatic heterocycles. The van der Waals surface area contributed by atoms with Crippen LogP contribution in [0, 0.1) is 0 Å². The molecule has 0 saturated heterocycles. The van der Waals surface area contributed by atoms with Gasteiger partial charge in [-0.15, -0.1) is 0 Å². The van der Waals surface area contributed by atoms with E-state index in [9.17, 15) is 9.59 Å². The molecular weight excluding hydrogens is 392 g/mol. The molecule has 0 saturated carbocycles. The molecule has 5 N–H and O–H groups in total. The standard InChI is InChI=1S/C24H48N4O3/c1-3-5-6-7-8-9-10-11-12-13-14-15-16-19-22(29)28-21(23(30)31-4-2)18-17-20-27-24(25)26/h21H,3-20H2,1-2H3,(H,28,29)(H4,25,26,27). The van der Waals surface area contributed by atoms with Crippen molar-refractivity contribution in [1.82, 2.24) is 5.32 Å². The van der Waals surface area contributed by atoms with Crippen molar-refractivity contribution >= 4 is 17.8 Å². The number of esters is 1. The van der Waals surface area contributed by atoms with Crippen molar-refractivity contribution in [1.29, 1.82) is 0 Å². The summed E-state index contributed by atoms with van der Waals surface area (Å²) in [5.41, 5.74) is 10.6. The van der Waals surface area contributed by atoms with Crippen molar-refractivity contribution in [3.05, 3.63) is 0 Å². The van der Waals surface area contributed by atoms with Gasteiger partial charge >= 0.3 is 5.97 Å². The average molecular weight is 441 g/mol. The Labute approximate surface area is 190 Å². The number of hydrogen-bond acceptors (Lipinski definition) is 4. The van der Waals surface area contributed by atoms with Gasteiger partial charge in [-0.1, -0.05) is 84.0 Å². The summed E-state index contributed by atoms with van der Waals surface area (Å²) >= 11 is 0. The number of guanidine groups is 1. The Morgan fingerprint density at radius 1 is 0.806 bits per heavy atom. The lowest BCUT2D eigenvalue weighted by Crippen LogP contribution is -2.42. The lowest BCUT2D eigenvalue weighted by Gasteiger charge is -2.17. The molecule has 0 aliphatic carbocycles. The van der Waals surface area contributed by atoms with E-state index in [1.807, 2.05) is 0 Å². The average Bonchev–Trinajstić information content (AvgIpc) is 2.73. The molecule has 0 aliphatic heterocycles. The molecule has 182 valence electrons. The van der Waals surface area contributed by atoms with E-state index < -0.39 is 12.0 Å². The lowest BCUT2D eigenvalue weighted by atomic mass is 10.0. The van der Waals surface area contributed by atoms with Gasteiger partial charge in [0.05, 0.1) is 6.61 Å². The van der Waals surface area contributed by atoms with Crippen LogP contribution in [0.4, 0.5) is 0 Å². The van der Waals surface area contributed by atoms with Crippen molar-refractivity contribution in [2.45, 2.75) is 123 Å². The third kappa shape index (κ3) is 19.9. The van der Waals surface area contributed by atoms with Crippen LogP contribution in [0.1, 0.15) is 117 Å². The van der Waals surface area contributed by atoms with Crippen LogP contribution < -0.4 is 16.8 Å². The Morgan fingerprint density at radius 2 is 1.32 bits per heavy atom. The minimum Gasteiger partial charge on any atom is -0.464 e. The van der Waals surface area contributed by atoms with Crippen LogP contribution in [0.2, 0.25) is 0 Å². The van der Waals surface area contributed by atoms with Gasteiger partial charge in [-0.05, 0) is 26.2 Å². The lowest BCUT2D eigenvalue weighted by molar-refractivity contribution is -0.147. The Bertz CT molecular complexity index is 479.